The molecule has 6 nitrogen and oxygen atoms in total. The Hall–Kier alpha value is -1.67. The Balaban J connectivity index is 2.49. The van der Waals surface area contributed by atoms with Crippen molar-refractivity contribution in [2.45, 2.75) is 11.1 Å². The number of benzene rings is 1. The summed E-state index contributed by atoms with van der Waals surface area (Å²) in [6.45, 7) is 0. The van der Waals surface area contributed by atoms with Crippen molar-refractivity contribution in [3.8, 4) is 0 Å². The van der Waals surface area contributed by atoms with Crippen molar-refractivity contribution in [2.75, 3.05) is 12.4 Å². The van der Waals surface area contributed by atoms with Crippen molar-refractivity contribution in [3.63, 3.8) is 0 Å². The number of sulfonamides is 1. The number of fused-ring (bicyclic) bond motifs is 1. The number of ether oxygens (including phenoxy) is 1. The van der Waals surface area contributed by atoms with Gasteiger partial charge in [0.1, 0.15) is 10.7 Å². The number of carbonyl (C=O) groups is 1. The number of anilines is 1. The quantitative estimate of drug-likeness (QED) is 0.696. The first kappa shape index (κ1) is 11.8. The maximum absolute atomic E-state index is 13.0. The number of carbonyl (C=O) groups excluding carboxylic acids is 1. The van der Waals surface area contributed by atoms with E-state index in [0.717, 1.165) is 25.3 Å². The van der Waals surface area contributed by atoms with Crippen LogP contribution in [-0.4, -0.2) is 27.7 Å². The fraction of sp³-hybridized carbons (Fsp3) is 0.222. The molecule has 0 fully saturated rings. The Morgan fingerprint density at radius 3 is 2.82 bits per heavy atom. The zero-order valence-corrected chi connectivity index (χ0v) is 9.55. The zero-order valence-electron chi connectivity index (χ0n) is 8.73. The Bertz CT molecular complexity index is 572. The van der Waals surface area contributed by atoms with E-state index < -0.39 is 28.0 Å². The molecular weight excluding hydrogens is 251 g/mol. The number of esters is 1. The highest BCUT2D eigenvalue weighted by Crippen LogP contribution is 2.26. The molecule has 1 unspecified atom stereocenters. The van der Waals surface area contributed by atoms with E-state index in [4.69, 9.17) is 0 Å². The number of methoxy groups -OCH3 is 1. The molecule has 8 heteroatoms. The van der Waals surface area contributed by atoms with Gasteiger partial charge in [-0.05, 0) is 18.2 Å². The Morgan fingerprint density at radius 2 is 2.18 bits per heavy atom. The molecule has 0 saturated carbocycles. The molecule has 1 aromatic carbocycles. The molecule has 1 aliphatic rings. The lowest BCUT2D eigenvalue weighted by molar-refractivity contribution is -0.141. The van der Waals surface area contributed by atoms with Crippen LogP contribution in [0.15, 0.2) is 23.1 Å². The molecule has 0 radical (unpaired) electrons. The first-order valence-corrected chi connectivity index (χ1v) is 6.08. The summed E-state index contributed by atoms with van der Waals surface area (Å²) in [4.78, 5) is 11.1. The van der Waals surface area contributed by atoms with Gasteiger partial charge < -0.3 is 10.1 Å². The Labute approximate surface area is 96.8 Å². The average molecular weight is 260 g/mol. The normalized spacial score (nSPS) is 21.2. The predicted octanol–water partition coefficient (Wildman–Crippen LogP) is 0.0286. The second-order valence-electron chi connectivity index (χ2n) is 3.36. The third-order valence-corrected chi connectivity index (χ3v) is 3.72. The number of halogens is 1. The Kier molecular flexibility index (Phi) is 2.76. The molecule has 2 N–H and O–H groups in total. The first-order valence-electron chi connectivity index (χ1n) is 4.60. The van der Waals surface area contributed by atoms with Gasteiger partial charge in [-0.1, -0.05) is 0 Å². The lowest BCUT2D eigenvalue weighted by atomic mass is 10.3. The van der Waals surface area contributed by atoms with E-state index in [-0.39, 0.29) is 10.6 Å². The van der Waals surface area contributed by atoms with Gasteiger partial charge in [-0.2, -0.15) is 4.72 Å². The lowest BCUT2D eigenvalue weighted by Gasteiger charge is -2.25. The van der Waals surface area contributed by atoms with Crippen molar-refractivity contribution in [1.82, 2.24) is 4.72 Å². The standard InChI is InChI=1S/C9H9FN2O4S/c1-16-9(13)8-11-6-4-5(10)2-3-7(6)17(14,15)12-8/h2-4,8,11-12H,1H3. The molecule has 0 bridgehead atoms. The first-order chi connectivity index (χ1) is 7.94. The highest BCUT2D eigenvalue weighted by molar-refractivity contribution is 7.89. The third-order valence-electron chi connectivity index (χ3n) is 2.24. The molecule has 17 heavy (non-hydrogen) atoms. The van der Waals surface area contributed by atoms with E-state index in [1.165, 1.54) is 0 Å². The smallest absolute Gasteiger partial charge is 0.344 e. The van der Waals surface area contributed by atoms with Gasteiger partial charge in [0.2, 0.25) is 10.0 Å². The van der Waals surface area contributed by atoms with E-state index in [1.807, 2.05) is 0 Å². The average Bonchev–Trinajstić information content (AvgIpc) is 2.26. The number of nitrogens with one attached hydrogen (secondary N) is 2. The van der Waals surface area contributed by atoms with Crippen LogP contribution in [0, 0.1) is 5.82 Å². The van der Waals surface area contributed by atoms with Crippen LogP contribution < -0.4 is 10.0 Å². The van der Waals surface area contributed by atoms with Crippen LogP contribution in [0.25, 0.3) is 0 Å². The third kappa shape index (κ3) is 2.08. The summed E-state index contributed by atoms with van der Waals surface area (Å²) in [6, 6.07) is 3.15. The number of rotatable bonds is 1. The summed E-state index contributed by atoms with van der Waals surface area (Å²) in [6.07, 6.45) is -1.25. The molecule has 1 heterocycles. The van der Waals surface area contributed by atoms with Crippen LogP contribution in [0.4, 0.5) is 10.1 Å². The molecule has 1 atom stereocenters. The molecule has 0 saturated heterocycles. The van der Waals surface area contributed by atoms with E-state index in [2.05, 4.69) is 14.8 Å². The molecule has 1 aliphatic heterocycles. The predicted molar refractivity (Wildman–Crippen MR) is 56.1 cm³/mol. The monoisotopic (exact) mass is 260 g/mol. The molecule has 0 aliphatic carbocycles. The lowest BCUT2D eigenvalue weighted by Crippen LogP contribution is -2.50. The molecule has 0 amide bonds. The maximum atomic E-state index is 13.0. The van der Waals surface area contributed by atoms with Crippen LogP contribution in [0.5, 0.6) is 0 Å². The summed E-state index contributed by atoms with van der Waals surface area (Å²) in [5, 5.41) is 2.54. The summed E-state index contributed by atoms with van der Waals surface area (Å²) in [5.41, 5.74) is 0.0270. The summed E-state index contributed by atoms with van der Waals surface area (Å²) < 4.78 is 42.9. The van der Waals surface area contributed by atoms with Gasteiger partial charge in [0.05, 0.1) is 12.8 Å². The largest absolute Gasteiger partial charge is 0.466 e. The second-order valence-corrected chi connectivity index (χ2v) is 5.04. The van der Waals surface area contributed by atoms with Crippen LogP contribution in [0.3, 0.4) is 0 Å². The zero-order chi connectivity index (χ0) is 12.6. The highest BCUT2D eigenvalue weighted by atomic mass is 32.2. The summed E-state index contributed by atoms with van der Waals surface area (Å²) in [7, 11) is -2.72. The summed E-state index contributed by atoms with van der Waals surface area (Å²) >= 11 is 0. The SMILES string of the molecule is COC(=O)C1Nc2cc(F)ccc2S(=O)(=O)N1. The van der Waals surface area contributed by atoms with Crippen molar-refractivity contribution in [1.29, 1.82) is 0 Å². The van der Waals surface area contributed by atoms with Crippen molar-refractivity contribution in [3.05, 3.63) is 24.0 Å². The summed E-state index contributed by atoms with van der Waals surface area (Å²) in [5.74, 6) is -1.40. The van der Waals surface area contributed by atoms with Crippen molar-refractivity contribution in [2.24, 2.45) is 0 Å². The minimum Gasteiger partial charge on any atom is -0.466 e. The Morgan fingerprint density at radius 1 is 1.47 bits per heavy atom. The van der Waals surface area contributed by atoms with Crippen LogP contribution in [-0.2, 0) is 19.6 Å². The number of hydrogen-bond donors (Lipinski definition) is 2. The van der Waals surface area contributed by atoms with Crippen LogP contribution >= 0.6 is 0 Å². The topological polar surface area (TPSA) is 84.5 Å². The number of hydrogen-bond acceptors (Lipinski definition) is 5. The van der Waals surface area contributed by atoms with Gasteiger partial charge in [0.25, 0.3) is 0 Å². The highest BCUT2D eigenvalue weighted by Gasteiger charge is 2.33. The van der Waals surface area contributed by atoms with E-state index in [9.17, 15) is 17.6 Å². The fourth-order valence-corrected chi connectivity index (χ4v) is 2.72. The van der Waals surface area contributed by atoms with Crippen LogP contribution in [0.1, 0.15) is 0 Å². The second kappa shape index (κ2) is 3.97. The van der Waals surface area contributed by atoms with E-state index >= 15 is 0 Å². The van der Waals surface area contributed by atoms with Crippen LogP contribution in [0.2, 0.25) is 0 Å². The fourth-order valence-electron chi connectivity index (χ4n) is 1.48. The van der Waals surface area contributed by atoms with Crippen molar-refractivity contribution >= 4 is 21.7 Å². The minimum absolute atomic E-state index is 0.0270. The molecule has 1 aromatic rings. The van der Waals surface area contributed by atoms with Gasteiger partial charge >= 0.3 is 5.97 Å². The molecule has 2 rings (SSSR count). The van der Waals surface area contributed by atoms with E-state index in [1.54, 1.807) is 0 Å². The van der Waals surface area contributed by atoms with Gasteiger partial charge in [0.15, 0.2) is 6.17 Å². The van der Waals surface area contributed by atoms with Gasteiger partial charge in [-0.25, -0.2) is 17.6 Å². The van der Waals surface area contributed by atoms with Gasteiger partial charge in [-0.3, -0.25) is 0 Å². The van der Waals surface area contributed by atoms with E-state index in [0.29, 0.717) is 0 Å². The van der Waals surface area contributed by atoms with Gasteiger partial charge in [-0.15, -0.1) is 0 Å². The minimum atomic E-state index is -3.84. The van der Waals surface area contributed by atoms with Gasteiger partial charge in [0, 0.05) is 0 Å². The molecule has 0 aromatic heterocycles. The van der Waals surface area contributed by atoms with Crippen molar-refractivity contribution < 1.29 is 22.3 Å². The molecular formula is C9H9FN2O4S. The maximum Gasteiger partial charge on any atom is 0.344 e. The molecule has 92 valence electrons. The molecule has 0 spiro atoms.